The van der Waals surface area contributed by atoms with Gasteiger partial charge >= 0.3 is 5.97 Å². The van der Waals surface area contributed by atoms with Gasteiger partial charge in [-0.05, 0) is 38.0 Å². The highest BCUT2D eigenvalue weighted by Gasteiger charge is 2.47. The first-order valence-corrected chi connectivity index (χ1v) is 11.8. The molecule has 0 aliphatic heterocycles. The van der Waals surface area contributed by atoms with Crippen molar-refractivity contribution < 1.29 is 19.5 Å². The highest BCUT2D eigenvalue weighted by Crippen LogP contribution is 2.44. The Balaban J connectivity index is 1.76. The van der Waals surface area contributed by atoms with Gasteiger partial charge in [0.2, 0.25) is 0 Å². The lowest BCUT2D eigenvalue weighted by molar-refractivity contribution is -0.144. The van der Waals surface area contributed by atoms with Gasteiger partial charge in [-0.1, -0.05) is 48.7 Å². The second-order valence-electron chi connectivity index (χ2n) is 8.45. The van der Waals surface area contributed by atoms with Crippen LogP contribution in [0.3, 0.4) is 0 Å². The number of halogens is 2. The van der Waals surface area contributed by atoms with E-state index in [-0.39, 0.29) is 27.8 Å². The summed E-state index contributed by atoms with van der Waals surface area (Å²) in [7, 11) is 0. The number of carboxylic acids is 1. The number of hydrogen-bond acceptors (Lipinski definition) is 5. The van der Waals surface area contributed by atoms with Crippen molar-refractivity contribution in [2.75, 3.05) is 11.9 Å². The smallest absolute Gasteiger partial charge is 0.326 e. The Morgan fingerprint density at radius 2 is 1.76 bits per heavy atom. The zero-order chi connectivity index (χ0) is 25.0. The third kappa shape index (κ3) is 5.10. The number of carbonyl (C=O) groups excluding carboxylic acids is 2. The van der Waals surface area contributed by atoms with Gasteiger partial charge in [-0.15, -0.1) is 0 Å². The van der Waals surface area contributed by atoms with Crippen molar-refractivity contribution in [3.8, 4) is 0 Å². The van der Waals surface area contributed by atoms with Crippen molar-refractivity contribution in [1.29, 1.82) is 0 Å². The minimum absolute atomic E-state index is 0.0430. The van der Waals surface area contributed by atoms with E-state index in [0.717, 1.165) is 17.7 Å². The normalized spacial score (nSPS) is 18.0. The summed E-state index contributed by atoms with van der Waals surface area (Å²) >= 11 is 12.1. The summed E-state index contributed by atoms with van der Waals surface area (Å²) in [5.41, 5.74) is 1.57. The monoisotopic (exact) mass is 503 g/mol. The van der Waals surface area contributed by atoms with Crippen LogP contribution in [0.5, 0.6) is 0 Å². The third-order valence-corrected chi connectivity index (χ3v) is 6.73. The van der Waals surface area contributed by atoms with Crippen LogP contribution in [0, 0.1) is 5.41 Å². The van der Waals surface area contributed by atoms with Crippen LogP contribution in [0.25, 0.3) is 0 Å². The molecule has 0 saturated carbocycles. The number of ketones is 1. The fraction of sp³-hybridized carbons (Fsp3) is 0.360. The van der Waals surface area contributed by atoms with Crippen LogP contribution in [0.15, 0.2) is 48.4 Å². The van der Waals surface area contributed by atoms with E-state index in [1.165, 1.54) is 12.4 Å². The fourth-order valence-corrected chi connectivity index (χ4v) is 4.84. The largest absolute Gasteiger partial charge is 0.480 e. The molecule has 1 aliphatic carbocycles. The number of carboxylic acid groups (broad SMARTS) is 1. The van der Waals surface area contributed by atoms with Gasteiger partial charge in [-0.3, -0.25) is 14.6 Å². The van der Waals surface area contributed by atoms with Crippen molar-refractivity contribution in [2.45, 2.75) is 46.1 Å². The molecule has 1 aromatic carbocycles. The maximum atomic E-state index is 12.6. The summed E-state index contributed by atoms with van der Waals surface area (Å²) in [6, 6.07) is 6.09. The molecule has 9 heteroatoms. The summed E-state index contributed by atoms with van der Waals surface area (Å²) in [6.07, 6.45) is 6.00. The predicted molar refractivity (Wildman–Crippen MR) is 132 cm³/mol. The number of hydrogen-bond donors (Lipinski definition) is 2. The number of anilines is 1. The van der Waals surface area contributed by atoms with Gasteiger partial charge in [-0.2, -0.15) is 0 Å². The van der Waals surface area contributed by atoms with Gasteiger partial charge in [0, 0.05) is 42.8 Å². The van der Waals surface area contributed by atoms with Crippen LogP contribution in [0.4, 0.5) is 5.69 Å². The van der Waals surface area contributed by atoms with Crippen molar-refractivity contribution in [3.05, 3.63) is 69.6 Å². The standard InChI is InChI=1S/C25H27Cl2N3O4/c1-4-10-25(3)20(12-21(25)31)30(5-2)19(24(33)34)11-15-6-8-16(9-7-15)29-23(32)22-17(26)13-28-14-18(22)27/h6-9,12-14,19H,4-5,10-11H2,1-3H3,(H,29,32)(H,33,34)/t19-,25+/m0/s1. The summed E-state index contributed by atoms with van der Waals surface area (Å²) in [5.74, 6) is -1.38. The molecule has 2 atom stereocenters. The number of nitrogens with one attached hydrogen (secondary N) is 1. The molecular weight excluding hydrogens is 477 g/mol. The first-order valence-electron chi connectivity index (χ1n) is 11.1. The van der Waals surface area contributed by atoms with Gasteiger partial charge in [0.1, 0.15) is 6.04 Å². The van der Waals surface area contributed by atoms with Crippen molar-refractivity contribution in [2.24, 2.45) is 5.41 Å². The lowest BCUT2D eigenvalue weighted by atomic mass is 9.69. The molecule has 2 aromatic rings. The van der Waals surface area contributed by atoms with E-state index in [4.69, 9.17) is 23.2 Å². The quantitative estimate of drug-likeness (QED) is 0.460. The summed E-state index contributed by atoms with van der Waals surface area (Å²) in [6.45, 7) is 6.25. The molecule has 1 aliphatic rings. The number of likely N-dealkylation sites (N-methyl/N-ethyl adjacent to an activating group) is 1. The number of aliphatic carboxylic acids is 1. The van der Waals surface area contributed by atoms with Crippen LogP contribution in [0.2, 0.25) is 10.0 Å². The maximum Gasteiger partial charge on any atom is 0.326 e. The number of pyridine rings is 1. The molecule has 1 amide bonds. The Bertz CT molecular complexity index is 1110. The minimum Gasteiger partial charge on any atom is -0.480 e. The molecule has 1 aromatic heterocycles. The summed E-state index contributed by atoms with van der Waals surface area (Å²) < 4.78 is 0. The van der Waals surface area contributed by atoms with Crippen LogP contribution < -0.4 is 5.32 Å². The van der Waals surface area contributed by atoms with Gasteiger partial charge in [0.05, 0.1) is 21.0 Å². The van der Waals surface area contributed by atoms with Crippen molar-refractivity contribution >= 4 is 46.5 Å². The van der Waals surface area contributed by atoms with Crippen molar-refractivity contribution in [1.82, 2.24) is 9.88 Å². The molecule has 180 valence electrons. The second-order valence-corrected chi connectivity index (χ2v) is 9.26. The molecule has 0 fully saturated rings. The minimum atomic E-state index is -0.958. The number of benzene rings is 1. The SMILES string of the molecule is CCC[C@@]1(C)C(=O)C=C1N(CC)[C@@H](Cc1ccc(NC(=O)c2c(Cl)cncc2Cl)cc1)C(=O)O. The van der Waals surface area contributed by atoms with Gasteiger partial charge in [-0.25, -0.2) is 4.79 Å². The molecule has 0 spiro atoms. The molecular formula is C25H27Cl2N3O4. The summed E-state index contributed by atoms with van der Waals surface area (Å²) in [5, 5.41) is 13.0. The van der Waals surface area contributed by atoms with E-state index >= 15 is 0 Å². The molecule has 0 bridgehead atoms. The van der Waals surface area contributed by atoms with Gasteiger partial charge in [0.25, 0.3) is 5.91 Å². The van der Waals surface area contributed by atoms with Gasteiger partial charge in [0.15, 0.2) is 5.78 Å². The van der Waals surface area contributed by atoms with E-state index in [0.29, 0.717) is 18.7 Å². The molecule has 0 saturated heterocycles. The number of allylic oxidation sites excluding steroid dienone is 2. The van der Waals surface area contributed by atoms with Gasteiger partial charge < -0.3 is 15.3 Å². The fourth-order valence-electron chi connectivity index (χ4n) is 4.30. The topological polar surface area (TPSA) is 99.6 Å². The number of rotatable bonds is 10. The van der Waals surface area contributed by atoms with E-state index in [2.05, 4.69) is 10.3 Å². The van der Waals surface area contributed by atoms with E-state index in [9.17, 15) is 19.5 Å². The van der Waals surface area contributed by atoms with E-state index in [1.807, 2.05) is 25.7 Å². The highest BCUT2D eigenvalue weighted by atomic mass is 35.5. The van der Waals surface area contributed by atoms with Crippen LogP contribution in [0.1, 0.15) is 49.5 Å². The maximum absolute atomic E-state index is 12.6. The Labute approximate surface area is 208 Å². The number of nitrogens with zero attached hydrogens (tertiary/aromatic N) is 2. The first-order chi connectivity index (χ1) is 16.1. The average molecular weight is 504 g/mol. The predicted octanol–water partition coefficient (Wildman–Crippen LogP) is 5.23. The highest BCUT2D eigenvalue weighted by molar-refractivity contribution is 6.40. The van der Waals surface area contributed by atoms with Crippen LogP contribution in [-0.4, -0.2) is 45.2 Å². The molecule has 34 heavy (non-hydrogen) atoms. The molecule has 3 rings (SSSR count). The zero-order valence-electron chi connectivity index (χ0n) is 19.3. The lowest BCUT2D eigenvalue weighted by Gasteiger charge is -2.45. The van der Waals surface area contributed by atoms with E-state index < -0.39 is 23.3 Å². The zero-order valence-corrected chi connectivity index (χ0v) is 20.8. The molecule has 0 radical (unpaired) electrons. The number of aromatic nitrogens is 1. The Morgan fingerprint density at radius 1 is 1.15 bits per heavy atom. The second kappa shape index (κ2) is 10.6. The lowest BCUT2D eigenvalue weighted by Crippen LogP contribution is -2.52. The average Bonchev–Trinajstić information content (AvgIpc) is 2.79. The summed E-state index contributed by atoms with van der Waals surface area (Å²) in [4.78, 5) is 42.7. The molecule has 0 unspecified atom stereocenters. The van der Waals surface area contributed by atoms with Crippen LogP contribution >= 0.6 is 23.2 Å². The number of amides is 1. The molecule has 1 heterocycles. The number of carbonyl (C=O) groups is 3. The Hall–Kier alpha value is -2.90. The van der Waals surface area contributed by atoms with E-state index in [1.54, 1.807) is 30.3 Å². The third-order valence-electron chi connectivity index (χ3n) is 6.16. The Morgan fingerprint density at radius 3 is 2.26 bits per heavy atom. The Kier molecular flexibility index (Phi) is 8.00. The first kappa shape index (κ1) is 25.7. The van der Waals surface area contributed by atoms with Crippen molar-refractivity contribution in [3.63, 3.8) is 0 Å². The van der Waals surface area contributed by atoms with Crippen LogP contribution in [-0.2, 0) is 16.0 Å². The molecule has 7 nitrogen and oxygen atoms in total. The molecule has 2 N–H and O–H groups in total.